The van der Waals surface area contributed by atoms with Gasteiger partial charge < -0.3 is 14.7 Å². The molecule has 2 aliphatic heterocycles. The van der Waals surface area contributed by atoms with E-state index in [-0.39, 0.29) is 24.2 Å². The van der Waals surface area contributed by atoms with Crippen molar-refractivity contribution in [3.05, 3.63) is 41.7 Å². The number of likely N-dealkylation sites (N-methyl/N-ethyl adjacent to an activating group) is 1. The third-order valence-corrected chi connectivity index (χ3v) is 8.04. The zero-order chi connectivity index (χ0) is 25.3. The van der Waals surface area contributed by atoms with E-state index >= 15 is 0 Å². The molecule has 2 aliphatic rings. The van der Waals surface area contributed by atoms with Gasteiger partial charge >= 0.3 is 0 Å². The molecule has 1 aromatic heterocycles. The minimum Gasteiger partial charge on any atom is -0.357 e. The molecule has 35 heavy (non-hydrogen) atoms. The highest BCUT2D eigenvalue weighted by molar-refractivity contribution is 7.90. The molecule has 3 heterocycles. The smallest absolute Gasteiger partial charge is 0.245 e. The van der Waals surface area contributed by atoms with E-state index in [9.17, 15) is 22.0 Å². The van der Waals surface area contributed by atoms with Crippen molar-refractivity contribution >= 4 is 27.4 Å². The van der Waals surface area contributed by atoms with Crippen molar-refractivity contribution in [3.63, 3.8) is 0 Å². The van der Waals surface area contributed by atoms with Gasteiger partial charge in [0.1, 0.15) is 22.6 Å². The Bertz CT molecular complexity index is 1180. The summed E-state index contributed by atoms with van der Waals surface area (Å²) in [6, 6.07) is 1.02. The van der Waals surface area contributed by atoms with Crippen LogP contribution in [0.4, 0.5) is 20.4 Å². The van der Waals surface area contributed by atoms with Gasteiger partial charge in [0.05, 0.1) is 5.69 Å². The Morgan fingerprint density at radius 3 is 2.26 bits per heavy atom. The monoisotopic (exact) mass is 507 g/mol. The molecule has 2 saturated heterocycles. The Kier molecular flexibility index (Phi) is 7.25. The molecule has 1 amide bonds. The van der Waals surface area contributed by atoms with Crippen LogP contribution in [0.2, 0.25) is 0 Å². The number of nitrogens with zero attached hydrogens (tertiary/aromatic N) is 5. The van der Waals surface area contributed by atoms with Gasteiger partial charge in [0.25, 0.3) is 0 Å². The van der Waals surface area contributed by atoms with Crippen LogP contribution in [-0.2, 0) is 21.1 Å². The molecule has 1 aromatic carbocycles. The SMILES string of the molecule is CCc1cnc(N2CCC(N3CC[C@H](N(CC)c4cc(F)c(S(C)(=O)=O)cc4F)C3=O)CC2)nc1. The van der Waals surface area contributed by atoms with Crippen molar-refractivity contribution in [2.24, 2.45) is 0 Å². The molecule has 0 spiro atoms. The predicted octanol–water partition coefficient (Wildman–Crippen LogP) is 2.82. The van der Waals surface area contributed by atoms with Gasteiger partial charge in [0.2, 0.25) is 11.9 Å². The molecular formula is C24H31F2N5O3S. The Balaban J connectivity index is 1.45. The van der Waals surface area contributed by atoms with Crippen LogP contribution in [0.3, 0.4) is 0 Å². The van der Waals surface area contributed by atoms with Crippen LogP contribution in [0.25, 0.3) is 0 Å². The number of aromatic nitrogens is 2. The molecule has 0 unspecified atom stereocenters. The van der Waals surface area contributed by atoms with Crippen molar-refractivity contribution in [2.75, 3.05) is 42.2 Å². The molecule has 0 radical (unpaired) electrons. The van der Waals surface area contributed by atoms with Gasteiger partial charge in [-0.2, -0.15) is 0 Å². The standard InChI is InChI=1S/C24H31F2N5O3S/c1-4-16-14-27-24(28-15-16)29-9-6-17(7-10-29)31-11-8-20(23(31)32)30(5-2)21-12-19(26)22(13-18(21)25)35(3,33)34/h12-15,17,20H,4-11H2,1-3H3/t20-/m0/s1. The lowest BCUT2D eigenvalue weighted by Gasteiger charge is -2.37. The second kappa shape index (κ2) is 10.0. The van der Waals surface area contributed by atoms with Crippen molar-refractivity contribution < 1.29 is 22.0 Å². The predicted molar refractivity (Wildman–Crippen MR) is 129 cm³/mol. The summed E-state index contributed by atoms with van der Waals surface area (Å²) < 4.78 is 52.8. The normalized spacial score (nSPS) is 19.5. The molecule has 0 saturated carbocycles. The van der Waals surface area contributed by atoms with E-state index in [1.165, 1.54) is 4.90 Å². The lowest BCUT2D eigenvalue weighted by atomic mass is 10.0. The number of piperidine rings is 1. The van der Waals surface area contributed by atoms with Gasteiger partial charge in [-0.3, -0.25) is 4.79 Å². The summed E-state index contributed by atoms with van der Waals surface area (Å²) in [5, 5.41) is 0. The molecule has 0 N–H and O–H groups in total. The van der Waals surface area contributed by atoms with Crippen molar-refractivity contribution in [1.29, 1.82) is 0 Å². The van der Waals surface area contributed by atoms with E-state index < -0.39 is 32.4 Å². The first kappa shape index (κ1) is 25.3. The van der Waals surface area contributed by atoms with E-state index in [4.69, 9.17) is 0 Å². The molecule has 2 aromatic rings. The molecule has 11 heteroatoms. The number of aryl methyl sites for hydroxylation is 1. The number of likely N-dealkylation sites (tertiary alicyclic amines) is 1. The summed E-state index contributed by atoms with van der Waals surface area (Å²) >= 11 is 0. The van der Waals surface area contributed by atoms with Crippen LogP contribution in [0.1, 0.15) is 38.7 Å². The van der Waals surface area contributed by atoms with Gasteiger partial charge in [0, 0.05) is 56.9 Å². The maximum atomic E-state index is 14.9. The van der Waals surface area contributed by atoms with Crippen LogP contribution in [-0.4, -0.2) is 73.7 Å². The van der Waals surface area contributed by atoms with E-state index in [1.54, 1.807) is 6.92 Å². The van der Waals surface area contributed by atoms with Crippen LogP contribution in [0, 0.1) is 11.6 Å². The molecular weight excluding hydrogens is 476 g/mol. The fourth-order valence-corrected chi connectivity index (χ4v) is 5.72. The first-order valence-electron chi connectivity index (χ1n) is 12.0. The van der Waals surface area contributed by atoms with Crippen LogP contribution in [0.15, 0.2) is 29.4 Å². The second-order valence-electron chi connectivity index (χ2n) is 9.09. The fraction of sp³-hybridized carbons (Fsp3) is 0.542. The lowest BCUT2D eigenvalue weighted by Crippen LogP contribution is -2.49. The largest absolute Gasteiger partial charge is 0.357 e. The van der Waals surface area contributed by atoms with E-state index in [0.29, 0.717) is 25.0 Å². The van der Waals surface area contributed by atoms with Crippen molar-refractivity contribution in [2.45, 2.75) is 56.5 Å². The Labute approximate surface area is 204 Å². The number of hydrogen-bond acceptors (Lipinski definition) is 7. The number of halogens is 2. The van der Waals surface area contributed by atoms with Crippen LogP contribution in [0.5, 0.6) is 0 Å². The highest BCUT2D eigenvalue weighted by atomic mass is 32.2. The minimum absolute atomic E-state index is 0.0616. The van der Waals surface area contributed by atoms with Gasteiger partial charge in [-0.05, 0) is 44.2 Å². The molecule has 0 aliphatic carbocycles. The summed E-state index contributed by atoms with van der Waals surface area (Å²) in [5.41, 5.74) is 0.986. The second-order valence-corrected chi connectivity index (χ2v) is 11.1. The summed E-state index contributed by atoms with van der Waals surface area (Å²) in [7, 11) is -3.91. The van der Waals surface area contributed by atoms with Crippen LogP contribution >= 0.6 is 0 Å². The average Bonchev–Trinajstić information content (AvgIpc) is 3.22. The highest BCUT2D eigenvalue weighted by Gasteiger charge is 2.40. The summed E-state index contributed by atoms with van der Waals surface area (Å²) in [6.45, 7) is 6.10. The summed E-state index contributed by atoms with van der Waals surface area (Å²) in [4.78, 5) is 27.1. The molecule has 4 rings (SSSR count). The van der Waals surface area contributed by atoms with Gasteiger partial charge in [-0.15, -0.1) is 0 Å². The van der Waals surface area contributed by atoms with E-state index in [0.717, 1.165) is 50.2 Å². The number of carbonyl (C=O) groups is 1. The lowest BCUT2D eigenvalue weighted by molar-refractivity contribution is -0.131. The number of amides is 1. The number of sulfone groups is 1. The summed E-state index contributed by atoms with van der Waals surface area (Å²) in [5.74, 6) is -1.30. The molecule has 0 bridgehead atoms. The highest BCUT2D eigenvalue weighted by Crippen LogP contribution is 2.32. The van der Waals surface area contributed by atoms with Gasteiger partial charge in [0.15, 0.2) is 9.84 Å². The maximum absolute atomic E-state index is 14.9. The zero-order valence-corrected chi connectivity index (χ0v) is 21.1. The third kappa shape index (κ3) is 5.10. The number of carbonyl (C=O) groups excluding carboxylic acids is 1. The topological polar surface area (TPSA) is 86.7 Å². The molecule has 8 nitrogen and oxygen atoms in total. The first-order valence-corrected chi connectivity index (χ1v) is 13.8. The maximum Gasteiger partial charge on any atom is 0.245 e. The Hall–Kier alpha value is -2.82. The quantitative estimate of drug-likeness (QED) is 0.570. The van der Waals surface area contributed by atoms with Crippen LogP contribution < -0.4 is 9.80 Å². The Morgan fingerprint density at radius 1 is 1.03 bits per heavy atom. The fourth-order valence-electron chi connectivity index (χ4n) is 4.99. The minimum atomic E-state index is -3.91. The number of benzene rings is 1. The number of anilines is 2. The third-order valence-electron chi connectivity index (χ3n) is 6.93. The molecule has 2 fully saturated rings. The summed E-state index contributed by atoms with van der Waals surface area (Å²) in [6.07, 6.45) is 7.43. The Morgan fingerprint density at radius 2 is 1.69 bits per heavy atom. The molecule has 1 atom stereocenters. The van der Waals surface area contributed by atoms with E-state index in [2.05, 4.69) is 21.8 Å². The van der Waals surface area contributed by atoms with Gasteiger partial charge in [-0.1, -0.05) is 6.92 Å². The van der Waals surface area contributed by atoms with E-state index in [1.807, 2.05) is 17.3 Å². The number of rotatable bonds is 7. The average molecular weight is 508 g/mol. The first-order chi connectivity index (χ1) is 16.6. The number of hydrogen-bond donors (Lipinski definition) is 0. The zero-order valence-electron chi connectivity index (χ0n) is 20.2. The molecule has 190 valence electrons. The van der Waals surface area contributed by atoms with Crippen molar-refractivity contribution in [3.8, 4) is 0 Å². The van der Waals surface area contributed by atoms with Gasteiger partial charge in [-0.25, -0.2) is 27.2 Å². The van der Waals surface area contributed by atoms with Crippen molar-refractivity contribution in [1.82, 2.24) is 14.9 Å².